The van der Waals surface area contributed by atoms with Crippen molar-refractivity contribution >= 4 is 11.9 Å². The van der Waals surface area contributed by atoms with Crippen molar-refractivity contribution in [3.05, 3.63) is 0 Å². The summed E-state index contributed by atoms with van der Waals surface area (Å²) in [6, 6.07) is 0. The molecule has 0 spiro atoms. The molecule has 0 aromatic heterocycles. The SMILES string of the molecule is CCC(C)C(C)OCl. The summed E-state index contributed by atoms with van der Waals surface area (Å²) in [5.41, 5.74) is 0. The standard InChI is InChI=1S/C6H13ClO/c1-4-5(2)6(3)8-7/h5-6H,4H2,1-3H3. The van der Waals surface area contributed by atoms with Crippen molar-refractivity contribution < 1.29 is 4.29 Å². The summed E-state index contributed by atoms with van der Waals surface area (Å²) < 4.78 is 4.58. The summed E-state index contributed by atoms with van der Waals surface area (Å²) in [7, 11) is 0. The molecule has 0 bridgehead atoms. The van der Waals surface area contributed by atoms with E-state index in [1.165, 1.54) is 0 Å². The Labute approximate surface area is 56.2 Å². The zero-order valence-electron chi connectivity index (χ0n) is 5.65. The number of rotatable bonds is 3. The van der Waals surface area contributed by atoms with Gasteiger partial charge in [0.15, 0.2) is 0 Å². The molecule has 0 aliphatic heterocycles. The van der Waals surface area contributed by atoms with Gasteiger partial charge in [-0.2, -0.15) is 0 Å². The Morgan fingerprint density at radius 3 is 2.12 bits per heavy atom. The molecule has 0 N–H and O–H groups in total. The summed E-state index contributed by atoms with van der Waals surface area (Å²) >= 11 is 5.13. The van der Waals surface area contributed by atoms with Crippen LogP contribution in [0, 0.1) is 5.92 Å². The third-order valence-corrected chi connectivity index (χ3v) is 1.87. The first-order valence-corrected chi connectivity index (χ1v) is 3.30. The maximum absolute atomic E-state index is 5.13. The van der Waals surface area contributed by atoms with Crippen LogP contribution in [-0.2, 0) is 4.29 Å². The summed E-state index contributed by atoms with van der Waals surface area (Å²) in [4.78, 5) is 0. The van der Waals surface area contributed by atoms with Gasteiger partial charge in [-0.25, -0.2) is 0 Å². The minimum Gasteiger partial charge on any atom is -0.276 e. The minimum atomic E-state index is 0.182. The molecule has 0 radical (unpaired) electrons. The maximum Gasteiger partial charge on any atom is 0.0788 e. The first-order chi connectivity index (χ1) is 3.72. The molecule has 50 valence electrons. The van der Waals surface area contributed by atoms with Gasteiger partial charge in [0, 0.05) is 0 Å². The van der Waals surface area contributed by atoms with Gasteiger partial charge in [-0.15, -0.1) is 0 Å². The average Bonchev–Trinajstić information content (AvgIpc) is 1.84. The highest BCUT2D eigenvalue weighted by Crippen LogP contribution is 2.11. The lowest BCUT2D eigenvalue weighted by Gasteiger charge is -2.12. The zero-order chi connectivity index (χ0) is 6.57. The Bertz CT molecular complexity index is 48.5. The molecule has 0 fully saturated rings. The second-order valence-electron chi connectivity index (χ2n) is 2.18. The van der Waals surface area contributed by atoms with Crippen molar-refractivity contribution in [2.45, 2.75) is 33.3 Å². The van der Waals surface area contributed by atoms with Gasteiger partial charge in [0.2, 0.25) is 0 Å². The van der Waals surface area contributed by atoms with Crippen LogP contribution in [0.2, 0.25) is 0 Å². The highest BCUT2D eigenvalue weighted by atomic mass is 35.5. The zero-order valence-corrected chi connectivity index (χ0v) is 6.40. The van der Waals surface area contributed by atoms with Crippen LogP contribution in [0.4, 0.5) is 0 Å². The van der Waals surface area contributed by atoms with Gasteiger partial charge in [-0.05, 0) is 12.8 Å². The third kappa shape index (κ3) is 2.53. The van der Waals surface area contributed by atoms with Gasteiger partial charge >= 0.3 is 0 Å². The Balaban J connectivity index is 3.29. The first-order valence-electron chi connectivity index (χ1n) is 2.99. The van der Waals surface area contributed by atoms with Crippen molar-refractivity contribution in [2.75, 3.05) is 0 Å². The number of halogens is 1. The minimum absolute atomic E-state index is 0.182. The van der Waals surface area contributed by atoms with E-state index in [4.69, 9.17) is 11.9 Å². The van der Waals surface area contributed by atoms with E-state index in [1.54, 1.807) is 0 Å². The van der Waals surface area contributed by atoms with E-state index in [0.717, 1.165) is 6.42 Å². The topological polar surface area (TPSA) is 9.23 Å². The molecular formula is C6H13ClO. The van der Waals surface area contributed by atoms with Gasteiger partial charge in [0.25, 0.3) is 0 Å². The molecule has 0 heterocycles. The lowest BCUT2D eigenvalue weighted by atomic mass is 10.0. The highest BCUT2D eigenvalue weighted by molar-refractivity contribution is 6.07. The molecule has 0 aliphatic rings. The van der Waals surface area contributed by atoms with Crippen LogP contribution in [0.3, 0.4) is 0 Å². The molecule has 0 saturated carbocycles. The van der Waals surface area contributed by atoms with Crippen LogP contribution in [0.15, 0.2) is 0 Å². The molecule has 0 saturated heterocycles. The Morgan fingerprint density at radius 2 is 2.00 bits per heavy atom. The van der Waals surface area contributed by atoms with Crippen LogP contribution in [-0.4, -0.2) is 6.10 Å². The molecule has 0 amide bonds. The first kappa shape index (κ1) is 8.25. The smallest absolute Gasteiger partial charge is 0.0788 e. The van der Waals surface area contributed by atoms with E-state index in [2.05, 4.69) is 18.1 Å². The van der Waals surface area contributed by atoms with Crippen LogP contribution in [0.1, 0.15) is 27.2 Å². The molecule has 2 unspecified atom stereocenters. The highest BCUT2D eigenvalue weighted by Gasteiger charge is 2.08. The van der Waals surface area contributed by atoms with E-state index in [9.17, 15) is 0 Å². The third-order valence-electron chi connectivity index (χ3n) is 1.59. The molecule has 0 aliphatic carbocycles. The predicted octanol–water partition coefficient (Wildman–Crippen LogP) is 2.59. The largest absolute Gasteiger partial charge is 0.276 e. The van der Waals surface area contributed by atoms with Crippen molar-refractivity contribution in [1.29, 1.82) is 0 Å². The lowest BCUT2D eigenvalue weighted by molar-refractivity contribution is 0.175. The van der Waals surface area contributed by atoms with Crippen molar-refractivity contribution in [3.8, 4) is 0 Å². The van der Waals surface area contributed by atoms with Crippen LogP contribution >= 0.6 is 11.9 Å². The summed E-state index contributed by atoms with van der Waals surface area (Å²) in [5, 5.41) is 0. The second-order valence-corrected chi connectivity index (χ2v) is 2.36. The average molecular weight is 137 g/mol. The molecule has 2 heteroatoms. The van der Waals surface area contributed by atoms with E-state index in [-0.39, 0.29) is 6.10 Å². The number of hydrogen-bond acceptors (Lipinski definition) is 1. The fourth-order valence-corrected chi connectivity index (χ4v) is 0.595. The fourth-order valence-electron chi connectivity index (χ4n) is 0.420. The van der Waals surface area contributed by atoms with E-state index < -0.39 is 0 Å². The Kier molecular flexibility index (Phi) is 4.29. The van der Waals surface area contributed by atoms with Gasteiger partial charge in [-0.3, -0.25) is 4.29 Å². The van der Waals surface area contributed by atoms with Crippen LogP contribution in [0.5, 0.6) is 0 Å². The molecule has 2 atom stereocenters. The predicted molar refractivity (Wildman–Crippen MR) is 35.9 cm³/mol. The Morgan fingerprint density at radius 1 is 1.50 bits per heavy atom. The van der Waals surface area contributed by atoms with Crippen molar-refractivity contribution in [3.63, 3.8) is 0 Å². The summed E-state index contributed by atoms with van der Waals surface area (Å²) in [6.07, 6.45) is 1.30. The molecular weight excluding hydrogens is 124 g/mol. The van der Waals surface area contributed by atoms with Gasteiger partial charge in [0.1, 0.15) is 0 Å². The number of hydrogen-bond donors (Lipinski definition) is 0. The quantitative estimate of drug-likeness (QED) is 0.580. The van der Waals surface area contributed by atoms with E-state index in [0.29, 0.717) is 5.92 Å². The van der Waals surface area contributed by atoms with Crippen LogP contribution in [0.25, 0.3) is 0 Å². The normalized spacial score (nSPS) is 18.0. The monoisotopic (exact) mass is 136 g/mol. The molecule has 1 nitrogen and oxygen atoms in total. The molecule has 0 aromatic rings. The van der Waals surface area contributed by atoms with Crippen molar-refractivity contribution in [1.82, 2.24) is 0 Å². The fraction of sp³-hybridized carbons (Fsp3) is 1.00. The van der Waals surface area contributed by atoms with Gasteiger partial charge in [-0.1, -0.05) is 20.3 Å². The Hall–Kier alpha value is 0.250. The lowest BCUT2D eigenvalue weighted by Crippen LogP contribution is -2.12. The molecule has 0 aromatic carbocycles. The molecule has 0 rings (SSSR count). The van der Waals surface area contributed by atoms with Crippen molar-refractivity contribution in [2.24, 2.45) is 5.92 Å². The van der Waals surface area contributed by atoms with E-state index >= 15 is 0 Å². The summed E-state index contributed by atoms with van der Waals surface area (Å²) in [5.74, 6) is 0.562. The van der Waals surface area contributed by atoms with E-state index in [1.807, 2.05) is 6.92 Å². The van der Waals surface area contributed by atoms with Gasteiger partial charge in [0.05, 0.1) is 18.0 Å². The maximum atomic E-state index is 5.13. The molecule has 8 heavy (non-hydrogen) atoms. The second kappa shape index (κ2) is 4.16. The van der Waals surface area contributed by atoms with Gasteiger partial charge < -0.3 is 0 Å². The van der Waals surface area contributed by atoms with Crippen LogP contribution < -0.4 is 0 Å². The summed E-state index contributed by atoms with van der Waals surface area (Å²) in [6.45, 7) is 6.21.